The minimum absolute atomic E-state index is 0.0508. The number of ether oxygens (including phenoxy) is 4. The van der Waals surface area contributed by atoms with Crippen LogP contribution in [-0.2, 0) is 52.5 Å². The van der Waals surface area contributed by atoms with Gasteiger partial charge in [-0.05, 0) is 75.2 Å². The first-order valence-corrected chi connectivity index (χ1v) is 17.9. The second kappa shape index (κ2) is 15.6. The van der Waals surface area contributed by atoms with Crippen molar-refractivity contribution in [2.45, 2.75) is 70.5 Å². The van der Waals surface area contributed by atoms with Gasteiger partial charge in [0.25, 0.3) is 0 Å². The summed E-state index contributed by atoms with van der Waals surface area (Å²) in [5.74, 6) is -2.64. The summed E-state index contributed by atoms with van der Waals surface area (Å²) in [5, 5.41) is 2.38. The molecule has 1 amide bonds. The summed E-state index contributed by atoms with van der Waals surface area (Å²) in [6.45, 7) is 7.01. The molecule has 282 valence electrons. The third-order valence-corrected chi connectivity index (χ3v) is 9.97. The molecule has 2 heterocycles. The fourth-order valence-electron chi connectivity index (χ4n) is 5.30. The van der Waals surface area contributed by atoms with Crippen molar-refractivity contribution in [1.29, 1.82) is 0 Å². The third kappa shape index (κ3) is 9.50. The van der Waals surface area contributed by atoms with E-state index < -0.39 is 69.6 Å². The number of hydrogen-bond donors (Lipinski definition) is 1. The molecular weight excluding hydrogens is 715 g/mol. The lowest BCUT2D eigenvalue weighted by Gasteiger charge is -2.48. The molecule has 1 N–H and O–H groups in total. The van der Waals surface area contributed by atoms with Gasteiger partial charge in [-0.2, -0.15) is 4.31 Å². The monoisotopic (exact) mass is 754 g/mol. The highest BCUT2D eigenvalue weighted by molar-refractivity contribution is 7.89. The van der Waals surface area contributed by atoms with Crippen molar-refractivity contribution in [2.75, 3.05) is 13.1 Å². The maximum absolute atomic E-state index is 13.9. The van der Waals surface area contributed by atoms with Crippen LogP contribution >= 0.6 is 0 Å². The Bertz CT molecular complexity index is 2100. The van der Waals surface area contributed by atoms with Gasteiger partial charge in [-0.1, -0.05) is 42.5 Å². The Kier molecular flexibility index (Phi) is 11.4. The average molecular weight is 755 g/mol. The Balaban J connectivity index is 1.33. The molecule has 53 heavy (non-hydrogen) atoms. The molecule has 4 aromatic rings. The number of amides is 1. The number of carbonyl (C=O) groups is 3. The van der Waals surface area contributed by atoms with Crippen molar-refractivity contribution in [3.05, 3.63) is 118 Å². The van der Waals surface area contributed by atoms with E-state index in [1.165, 1.54) is 60.6 Å². The van der Waals surface area contributed by atoms with Crippen molar-refractivity contribution in [1.82, 2.24) is 9.62 Å². The van der Waals surface area contributed by atoms with Gasteiger partial charge < -0.3 is 33.1 Å². The van der Waals surface area contributed by atoms with Crippen LogP contribution in [0, 0.1) is 18.2 Å². The van der Waals surface area contributed by atoms with Crippen molar-refractivity contribution in [3.63, 3.8) is 0 Å². The van der Waals surface area contributed by atoms with Gasteiger partial charge in [0.15, 0.2) is 23.7 Å². The van der Waals surface area contributed by atoms with E-state index in [0.29, 0.717) is 11.3 Å². The smallest absolute Gasteiger partial charge is 0.480 e. The number of carbonyl (C=O) groups excluding carboxylic acids is 3. The fraction of sp³-hybridized carbons (Fsp3) is 0.351. The predicted octanol–water partition coefficient (Wildman–Crippen LogP) is 4.98. The van der Waals surface area contributed by atoms with E-state index in [1.807, 2.05) is 30.3 Å². The van der Waals surface area contributed by atoms with Crippen LogP contribution < -0.4 is 15.9 Å². The van der Waals surface area contributed by atoms with E-state index in [1.54, 1.807) is 26.8 Å². The molecule has 1 aromatic heterocycles. The molecule has 0 bridgehead atoms. The first-order chi connectivity index (χ1) is 24.9. The quantitative estimate of drug-likeness (QED) is 0.143. The summed E-state index contributed by atoms with van der Waals surface area (Å²) < 4.78 is 74.2. The van der Waals surface area contributed by atoms with Gasteiger partial charge in [0.1, 0.15) is 17.6 Å². The number of benzene rings is 3. The van der Waals surface area contributed by atoms with Crippen LogP contribution in [0.4, 0.5) is 9.18 Å². The highest BCUT2D eigenvalue weighted by Crippen LogP contribution is 2.40. The Labute approximate surface area is 304 Å². The summed E-state index contributed by atoms with van der Waals surface area (Å²) in [7, 11) is -4.11. The zero-order valence-electron chi connectivity index (χ0n) is 29.6. The van der Waals surface area contributed by atoms with Gasteiger partial charge in [0.05, 0.1) is 23.4 Å². The Hall–Kier alpha value is -5.48. The summed E-state index contributed by atoms with van der Waals surface area (Å²) in [6.07, 6.45) is -2.71. The highest BCUT2D eigenvalue weighted by Gasteiger charge is 2.52. The van der Waals surface area contributed by atoms with Gasteiger partial charge in [-0.25, -0.2) is 27.2 Å². The summed E-state index contributed by atoms with van der Waals surface area (Å²) >= 11 is 0. The molecule has 5 rings (SSSR count). The normalized spacial score (nSPS) is 15.4. The van der Waals surface area contributed by atoms with E-state index >= 15 is 0 Å². The molecule has 1 aliphatic heterocycles. The minimum atomic E-state index is -4.11. The molecule has 2 atom stereocenters. The van der Waals surface area contributed by atoms with Crippen LogP contribution in [0.15, 0.2) is 97.4 Å². The van der Waals surface area contributed by atoms with Gasteiger partial charge in [0.2, 0.25) is 16.3 Å². The van der Waals surface area contributed by atoms with Crippen LogP contribution in [0.2, 0.25) is 0 Å². The number of alkyl carbamates (subject to hydrolysis) is 1. The topological polar surface area (TPSA) is 181 Å². The van der Waals surface area contributed by atoms with E-state index in [9.17, 15) is 32.0 Å². The predicted molar refractivity (Wildman–Crippen MR) is 184 cm³/mol. The molecule has 0 spiro atoms. The van der Waals surface area contributed by atoms with Gasteiger partial charge in [-0.3, -0.25) is 4.79 Å². The molecule has 16 heteroatoms. The van der Waals surface area contributed by atoms with Gasteiger partial charge >= 0.3 is 23.9 Å². The number of hydrogen-bond acceptors (Lipinski definition) is 12. The Morgan fingerprint density at radius 2 is 1.64 bits per heavy atom. The number of sulfonamides is 1. The molecule has 0 aliphatic carbocycles. The molecule has 3 aromatic carbocycles. The molecule has 1 fully saturated rings. The lowest BCUT2D eigenvalue weighted by Crippen LogP contribution is -2.64. The number of rotatable bonds is 13. The second-order valence-corrected chi connectivity index (χ2v) is 15.3. The van der Waals surface area contributed by atoms with Crippen LogP contribution in [0.5, 0.6) is 5.75 Å². The first-order valence-electron chi connectivity index (χ1n) is 16.5. The van der Waals surface area contributed by atoms with E-state index in [-0.39, 0.29) is 35.9 Å². The number of nitrogens with zero attached hydrogens (tertiary/aromatic N) is 1. The molecule has 0 radical (unpaired) electrons. The van der Waals surface area contributed by atoms with Crippen molar-refractivity contribution in [3.8, 4) is 5.75 Å². The molecule has 1 saturated heterocycles. The summed E-state index contributed by atoms with van der Waals surface area (Å²) in [4.78, 5) is 49.8. The van der Waals surface area contributed by atoms with Gasteiger partial charge in [0, 0.05) is 13.3 Å². The number of esters is 2. The molecule has 1 aliphatic rings. The zero-order valence-corrected chi connectivity index (χ0v) is 30.4. The van der Waals surface area contributed by atoms with Crippen LogP contribution in [0.1, 0.15) is 50.3 Å². The Morgan fingerprint density at radius 1 is 0.962 bits per heavy atom. The maximum Gasteiger partial charge on any atom is 0.519 e. The molecular formula is C37H39FN2O12S. The average Bonchev–Trinajstić information content (AvgIpc) is 3.41. The lowest BCUT2D eigenvalue weighted by atomic mass is 9.87. The van der Waals surface area contributed by atoms with E-state index in [2.05, 4.69) is 5.32 Å². The zero-order chi connectivity index (χ0) is 38.6. The largest absolute Gasteiger partial charge is 0.519 e. The molecule has 1 unspecified atom stereocenters. The molecule has 0 saturated carbocycles. The Morgan fingerprint density at radius 3 is 2.26 bits per heavy atom. The summed E-state index contributed by atoms with van der Waals surface area (Å²) in [6, 6.07) is 18.9. The second-order valence-electron chi connectivity index (χ2n) is 13.4. The van der Waals surface area contributed by atoms with E-state index in [0.717, 1.165) is 5.56 Å². The maximum atomic E-state index is 13.9. The highest BCUT2D eigenvalue weighted by atomic mass is 32.2. The van der Waals surface area contributed by atoms with Gasteiger partial charge in [-0.15, -0.1) is 0 Å². The standard InChI is InChI=1S/C37H39FN2O12S/c1-23-31(51-35(44)48-23)20-47-32(41)30(39-34(43)50-24(2)49-33(42)36(3,4)5)19-25-10-9-13-29(18-25)53(45,46)40-21-37(22-40,26-11-7-6-8-12-26)52-28-16-14-27(38)15-17-28/h6-18,24,30H,19-22H2,1-5H3,(H,39,43)/t24?,30-/m0/s1. The van der Waals surface area contributed by atoms with Crippen molar-refractivity contribution in [2.24, 2.45) is 5.41 Å². The fourth-order valence-corrected chi connectivity index (χ4v) is 6.91. The van der Waals surface area contributed by atoms with Crippen LogP contribution in [-0.4, -0.2) is 56.2 Å². The lowest BCUT2D eigenvalue weighted by molar-refractivity contribution is -0.174. The van der Waals surface area contributed by atoms with Crippen molar-refractivity contribution < 1.29 is 55.0 Å². The number of aryl methyl sites for hydroxylation is 1. The number of halogens is 1. The molecule has 14 nitrogen and oxygen atoms in total. The van der Waals surface area contributed by atoms with Crippen molar-refractivity contribution >= 4 is 28.1 Å². The summed E-state index contributed by atoms with van der Waals surface area (Å²) in [5.41, 5.74) is -0.866. The third-order valence-electron chi connectivity index (χ3n) is 8.18. The van der Waals surface area contributed by atoms with E-state index in [4.69, 9.17) is 27.8 Å². The SMILES string of the molecule is Cc1oc(=O)oc1COC(=O)[C@H](Cc1cccc(S(=O)(=O)N2CC(Oc3ccc(F)cc3)(c3ccccc3)C2)c1)NC(=O)OC(C)OC(=O)C(C)(C)C. The van der Waals surface area contributed by atoms with Crippen LogP contribution in [0.3, 0.4) is 0 Å². The van der Waals surface area contributed by atoms with Crippen LogP contribution in [0.25, 0.3) is 0 Å². The number of nitrogens with one attached hydrogen (secondary N) is 1. The first kappa shape index (κ1) is 38.7. The minimum Gasteiger partial charge on any atom is -0.480 e.